The van der Waals surface area contributed by atoms with E-state index in [1.807, 2.05) is 38.1 Å². The largest absolute Gasteiger partial charge is 0.321 e. The lowest BCUT2D eigenvalue weighted by Crippen LogP contribution is -2.28. The van der Waals surface area contributed by atoms with Crippen LogP contribution in [0.3, 0.4) is 0 Å². The highest BCUT2D eigenvalue weighted by Crippen LogP contribution is 2.30. The average Bonchev–Trinajstić information content (AvgIpc) is 3.13. The van der Waals surface area contributed by atoms with Crippen LogP contribution in [0.15, 0.2) is 64.9 Å². The normalized spacial score (nSPS) is 11.2. The molecule has 140 valence electrons. The van der Waals surface area contributed by atoms with Gasteiger partial charge in [0.25, 0.3) is 15.9 Å². The lowest BCUT2D eigenvalue weighted by Gasteiger charge is -2.20. The van der Waals surface area contributed by atoms with Crippen LogP contribution in [0.2, 0.25) is 0 Å². The Morgan fingerprint density at radius 1 is 0.926 bits per heavy atom. The molecule has 0 fully saturated rings. The second-order valence-electron chi connectivity index (χ2n) is 6.24. The quantitative estimate of drug-likeness (QED) is 0.688. The van der Waals surface area contributed by atoms with Crippen LogP contribution >= 0.6 is 11.3 Å². The molecule has 1 amide bonds. The number of carbonyl (C=O) groups is 1. The van der Waals surface area contributed by atoms with Gasteiger partial charge in [0.05, 0.1) is 10.6 Å². The second kappa shape index (κ2) is 7.54. The van der Waals surface area contributed by atoms with Crippen LogP contribution < -0.4 is 9.62 Å². The molecule has 0 aliphatic rings. The second-order valence-corrected chi connectivity index (χ2v) is 9.13. The Bertz CT molecular complexity index is 1050. The van der Waals surface area contributed by atoms with E-state index in [1.165, 1.54) is 18.4 Å². The van der Waals surface area contributed by atoms with Gasteiger partial charge in [-0.15, -0.1) is 11.3 Å². The smallest absolute Gasteiger partial charge is 0.267 e. The molecular formula is C20H20N2O3S2. The number of anilines is 2. The summed E-state index contributed by atoms with van der Waals surface area (Å²) < 4.78 is 27.0. The van der Waals surface area contributed by atoms with Gasteiger partial charge in [-0.3, -0.25) is 9.10 Å². The van der Waals surface area contributed by atoms with Crippen LogP contribution in [-0.2, 0) is 10.0 Å². The van der Waals surface area contributed by atoms with Gasteiger partial charge in [0.15, 0.2) is 0 Å². The van der Waals surface area contributed by atoms with Crippen molar-refractivity contribution in [3.8, 4) is 0 Å². The number of benzene rings is 2. The molecule has 0 saturated heterocycles. The molecule has 3 aromatic rings. The van der Waals surface area contributed by atoms with E-state index in [1.54, 1.807) is 35.7 Å². The van der Waals surface area contributed by atoms with E-state index in [-0.39, 0.29) is 10.8 Å². The van der Waals surface area contributed by atoms with Gasteiger partial charge >= 0.3 is 0 Å². The van der Waals surface area contributed by atoms with Gasteiger partial charge < -0.3 is 5.32 Å². The predicted molar refractivity (Wildman–Crippen MR) is 110 cm³/mol. The number of hydrogen-bond acceptors (Lipinski definition) is 4. The maximum absolute atomic E-state index is 12.9. The summed E-state index contributed by atoms with van der Waals surface area (Å²) in [4.78, 5) is 13.2. The summed E-state index contributed by atoms with van der Waals surface area (Å²) >= 11 is 1.20. The number of amides is 1. The van der Waals surface area contributed by atoms with Gasteiger partial charge in [-0.25, -0.2) is 8.42 Å². The van der Waals surface area contributed by atoms with Gasteiger partial charge in [0, 0.05) is 12.7 Å². The first kappa shape index (κ1) is 19.1. The van der Waals surface area contributed by atoms with Crippen molar-refractivity contribution >= 4 is 38.6 Å². The molecule has 27 heavy (non-hydrogen) atoms. The summed E-state index contributed by atoms with van der Waals surface area (Å²) in [7, 11) is -2.29. The van der Waals surface area contributed by atoms with Gasteiger partial charge in [-0.05, 0) is 49.6 Å². The number of carbonyl (C=O) groups excluding carboxylic acids is 1. The van der Waals surface area contributed by atoms with Gasteiger partial charge in [-0.2, -0.15) is 0 Å². The van der Waals surface area contributed by atoms with Crippen molar-refractivity contribution in [1.82, 2.24) is 0 Å². The molecule has 0 bridgehead atoms. The molecule has 7 heteroatoms. The highest BCUT2D eigenvalue weighted by molar-refractivity contribution is 7.92. The highest BCUT2D eigenvalue weighted by Gasteiger charge is 2.26. The minimum atomic E-state index is -3.75. The monoisotopic (exact) mass is 400 g/mol. The first-order valence-electron chi connectivity index (χ1n) is 8.30. The van der Waals surface area contributed by atoms with Crippen LogP contribution in [0.4, 0.5) is 11.4 Å². The molecule has 1 N–H and O–H groups in total. The van der Waals surface area contributed by atoms with Crippen molar-refractivity contribution < 1.29 is 13.2 Å². The number of rotatable bonds is 5. The first-order chi connectivity index (χ1) is 12.8. The molecular weight excluding hydrogens is 380 g/mol. The predicted octanol–water partition coefficient (Wildman–Crippen LogP) is 4.44. The van der Waals surface area contributed by atoms with E-state index in [4.69, 9.17) is 0 Å². The maximum atomic E-state index is 12.9. The fourth-order valence-corrected chi connectivity index (χ4v) is 4.62. The molecule has 5 nitrogen and oxygen atoms in total. The van der Waals surface area contributed by atoms with E-state index >= 15 is 0 Å². The molecule has 0 aliphatic heterocycles. The highest BCUT2D eigenvalue weighted by atomic mass is 32.2. The van der Waals surface area contributed by atoms with Crippen molar-refractivity contribution in [2.24, 2.45) is 0 Å². The summed E-state index contributed by atoms with van der Waals surface area (Å²) in [5.74, 6) is -0.338. The topological polar surface area (TPSA) is 66.5 Å². The minimum absolute atomic E-state index is 0.187. The summed E-state index contributed by atoms with van der Waals surface area (Å²) in [5.41, 5.74) is 3.08. The number of nitrogens with zero attached hydrogens (tertiary/aromatic N) is 1. The maximum Gasteiger partial charge on any atom is 0.267 e. The lowest BCUT2D eigenvalue weighted by atomic mass is 10.2. The van der Waals surface area contributed by atoms with Gasteiger partial charge in [0.2, 0.25) is 0 Å². The first-order valence-corrected chi connectivity index (χ1v) is 10.6. The molecule has 0 saturated carbocycles. The van der Waals surface area contributed by atoms with Gasteiger partial charge in [-0.1, -0.05) is 35.4 Å². The Hall–Kier alpha value is -2.64. The molecule has 1 aromatic heterocycles. The van der Waals surface area contributed by atoms with Crippen LogP contribution in [0.1, 0.15) is 20.8 Å². The molecule has 0 spiro atoms. The number of aryl methyl sites for hydroxylation is 2. The summed E-state index contributed by atoms with van der Waals surface area (Å²) in [6.45, 7) is 3.86. The van der Waals surface area contributed by atoms with Crippen molar-refractivity contribution in [2.45, 2.75) is 18.7 Å². The average molecular weight is 401 g/mol. The van der Waals surface area contributed by atoms with Crippen molar-refractivity contribution in [3.05, 3.63) is 76.0 Å². The fourth-order valence-electron chi connectivity index (χ4n) is 2.54. The third kappa shape index (κ3) is 4.04. The Balaban J connectivity index is 1.88. The van der Waals surface area contributed by atoms with Crippen molar-refractivity contribution in [2.75, 3.05) is 16.7 Å². The number of nitrogens with one attached hydrogen (secondary N) is 1. The fraction of sp³-hybridized carbons (Fsp3) is 0.150. The van der Waals surface area contributed by atoms with Crippen molar-refractivity contribution in [3.63, 3.8) is 0 Å². The Morgan fingerprint density at radius 2 is 1.48 bits per heavy atom. The third-order valence-electron chi connectivity index (χ3n) is 4.18. The standard InChI is InChI=1S/C20H20N2O3S2/c1-14-4-8-16(9-5-14)21-20(23)19-18(12-13-26-19)22(3)27(24,25)17-10-6-15(2)7-11-17/h4-13H,1-3H3,(H,21,23). The van der Waals surface area contributed by atoms with E-state index < -0.39 is 10.0 Å². The van der Waals surface area contributed by atoms with Crippen LogP contribution in [0.5, 0.6) is 0 Å². The molecule has 1 heterocycles. The number of thiophene rings is 1. The Kier molecular flexibility index (Phi) is 5.34. The summed E-state index contributed by atoms with van der Waals surface area (Å²) in [5, 5.41) is 4.52. The van der Waals surface area contributed by atoms with Crippen molar-refractivity contribution in [1.29, 1.82) is 0 Å². The SMILES string of the molecule is Cc1ccc(NC(=O)c2sccc2N(C)S(=O)(=O)c2ccc(C)cc2)cc1. The number of sulfonamides is 1. The molecule has 2 aromatic carbocycles. The summed E-state index contributed by atoms with van der Waals surface area (Å²) in [6, 6.07) is 15.7. The van der Waals surface area contributed by atoms with Gasteiger partial charge in [0.1, 0.15) is 4.88 Å². The van der Waals surface area contributed by atoms with Crippen LogP contribution in [0, 0.1) is 13.8 Å². The van der Waals surface area contributed by atoms with E-state index in [0.29, 0.717) is 16.3 Å². The molecule has 0 unspecified atom stereocenters. The minimum Gasteiger partial charge on any atom is -0.321 e. The van der Waals surface area contributed by atoms with Crippen LogP contribution in [-0.4, -0.2) is 21.4 Å². The van der Waals surface area contributed by atoms with E-state index in [0.717, 1.165) is 15.4 Å². The lowest BCUT2D eigenvalue weighted by molar-refractivity contribution is 0.103. The number of hydrogen-bond donors (Lipinski definition) is 1. The third-order valence-corrected chi connectivity index (χ3v) is 6.87. The molecule has 0 radical (unpaired) electrons. The zero-order valence-electron chi connectivity index (χ0n) is 15.3. The van der Waals surface area contributed by atoms with Crippen LogP contribution in [0.25, 0.3) is 0 Å². The zero-order valence-corrected chi connectivity index (χ0v) is 16.9. The zero-order chi connectivity index (χ0) is 19.6. The van der Waals surface area contributed by atoms with E-state index in [9.17, 15) is 13.2 Å². The molecule has 0 aliphatic carbocycles. The Labute approximate surface area is 163 Å². The summed E-state index contributed by atoms with van der Waals surface area (Å²) in [6.07, 6.45) is 0. The Morgan fingerprint density at radius 3 is 2.07 bits per heavy atom. The molecule has 3 rings (SSSR count). The van der Waals surface area contributed by atoms with E-state index in [2.05, 4.69) is 5.32 Å². The molecule has 0 atom stereocenters.